The van der Waals surface area contributed by atoms with Crippen LogP contribution >= 0.6 is 0 Å². The predicted molar refractivity (Wildman–Crippen MR) is 87.6 cm³/mol. The molecule has 1 amide bonds. The molecule has 0 saturated carbocycles. The summed E-state index contributed by atoms with van der Waals surface area (Å²) in [5, 5.41) is 2.78. The standard InChI is InChI=1S/C18H21FN2O2/c1-21(2)12-15-8-6-14(7-9-15)11-20-18(22)13-23-17-5-3-4-16(19)10-17/h3-10H,11-13H2,1-2H3,(H,20,22). The summed E-state index contributed by atoms with van der Waals surface area (Å²) in [6.07, 6.45) is 0. The Bertz CT molecular complexity index is 642. The molecule has 0 radical (unpaired) electrons. The fourth-order valence-electron chi connectivity index (χ4n) is 2.09. The molecule has 0 aliphatic carbocycles. The largest absolute Gasteiger partial charge is 0.484 e. The first-order chi connectivity index (χ1) is 11.0. The van der Waals surface area contributed by atoms with Gasteiger partial charge in [0.25, 0.3) is 5.91 Å². The molecular weight excluding hydrogens is 295 g/mol. The molecule has 5 heteroatoms. The van der Waals surface area contributed by atoms with E-state index in [4.69, 9.17) is 4.74 Å². The number of hydrogen-bond donors (Lipinski definition) is 1. The van der Waals surface area contributed by atoms with Gasteiger partial charge in [0.2, 0.25) is 0 Å². The number of ether oxygens (including phenoxy) is 1. The van der Waals surface area contributed by atoms with Crippen LogP contribution in [0.25, 0.3) is 0 Å². The van der Waals surface area contributed by atoms with Crippen molar-refractivity contribution < 1.29 is 13.9 Å². The van der Waals surface area contributed by atoms with Crippen LogP contribution in [0.1, 0.15) is 11.1 Å². The van der Waals surface area contributed by atoms with Gasteiger partial charge >= 0.3 is 0 Å². The van der Waals surface area contributed by atoms with Gasteiger partial charge < -0.3 is 15.0 Å². The average Bonchev–Trinajstić information content (AvgIpc) is 2.52. The van der Waals surface area contributed by atoms with Crippen molar-refractivity contribution >= 4 is 5.91 Å². The van der Waals surface area contributed by atoms with E-state index in [1.165, 1.54) is 23.8 Å². The lowest BCUT2D eigenvalue weighted by molar-refractivity contribution is -0.123. The van der Waals surface area contributed by atoms with Gasteiger partial charge in [0.15, 0.2) is 6.61 Å². The molecule has 4 nitrogen and oxygen atoms in total. The van der Waals surface area contributed by atoms with E-state index in [1.54, 1.807) is 6.07 Å². The van der Waals surface area contributed by atoms with Crippen molar-refractivity contribution in [2.45, 2.75) is 13.1 Å². The minimum Gasteiger partial charge on any atom is -0.484 e. The molecule has 23 heavy (non-hydrogen) atoms. The van der Waals surface area contributed by atoms with Crippen LogP contribution in [0, 0.1) is 5.82 Å². The highest BCUT2D eigenvalue weighted by molar-refractivity contribution is 5.77. The Morgan fingerprint density at radius 3 is 2.48 bits per heavy atom. The van der Waals surface area contributed by atoms with E-state index in [9.17, 15) is 9.18 Å². The van der Waals surface area contributed by atoms with Crippen molar-refractivity contribution in [2.24, 2.45) is 0 Å². The molecule has 0 aromatic heterocycles. The number of hydrogen-bond acceptors (Lipinski definition) is 3. The van der Waals surface area contributed by atoms with Crippen LogP contribution in [0.3, 0.4) is 0 Å². The fourth-order valence-corrected chi connectivity index (χ4v) is 2.09. The molecular formula is C18H21FN2O2. The van der Waals surface area contributed by atoms with Gasteiger partial charge in [-0.3, -0.25) is 4.79 Å². The molecule has 2 rings (SSSR count). The Balaban J connectivity index is 1.75. The smallest absolute Gasteiger partial charge is 0.258 e. The quantitative estimate of drug-likeness (QED) is 0.854. The van der Waals surface area contributed by atoms with E-state index in [1.807, 2.05) is 38.4 Å². The molecule has 1 N–H and O–H groups in total. The average molecular weight is 316 g/mol. The van der Waals surface area contributed by atoms with E-state index >= 15 is 0 Å². The third-order valence-electron chi connectivity index (χ3n) is 3.18. The molecule has 0 fully saturated rings. The van der Waals surface area contributed by atoms with Gasteiger partial charge in [-0.2, -0.15) is 0 Å². The van der Waals surface area contributed by atoms with Crippen molar-refractivity contribution in [1.29, 1.82) is 0 Å². The summed E-state index contributed by atoms with van der Waals surface area (Å²) in [6, 6.07) is 13.8. The molecule has 0 saturated heterocycles. The van der Waals surface area contributed by atoms with E-state index in [-0.39, 0.29) is 18.3 Å². The predicted octanol–water partition coefficient (Wildman–Crippen LogP) is 2.58. The number of nitrogens with zero attached hydrogens (tertiary/aromatic N) is 1. The van der Waals surface area contributed by atoms with Crippen LogP contribution in [0.4, 0.5) is 4.39 Å². The highest BCUT2D eigenvalue weighted by Gasteiger charge is 2.04. The topological polar surface area (TPSA) is 41.6 Å². The number of rotatable bonds is 7. The lowest BCUT2D eigenvalue weighted by atomic mass is 10.1. The van der Waals surface area contributed by atoms with Crippen molar-refractivity contribution in [2.75, 3.05) is 20.7 Å². The maximum absolute atomic E-state index is 13.0. The highest BCUT2D eigenvalue weighted by Crippen LogP contribution is 2.11. The van der Waals surface area contributed by atoms with Crippen LogP contribution in [-0.4, -0.2) is 31.5 Å². The van der Waals surface area contributed by atoms with Crippen LogP contribution < -0.4 is 10.1 Å². The third kappa shape index (κ3) is 6.08. The summed E-state index contributed by atoms with van der Waals surface area (Å²) >= 11 is 0. The summed E-state index contributed by atoms with van der Waals surface area (Å²) in [5.41, 5.74) is 2.24. The fraction of sp³-hybridized carbons (Fsp3) is 0.278. The Morgan fingerprint density at radius 1 is 1.13 bits per heavy atom. The monoisotopic (exact) mass is 316 g/mol. The molecule has 0 aliphatic heterocycles. The molecule has 2 aromatic rings. The first-order valence-corrected chi connectivity index (χ1v) is 7.40. The minimum atomic E-state index is -0.388. The van der Waals surface area contributed by atoms with Crippen LogP contribution in [-0.2, 0) is 17.9 Å². The number of nitrogens with one attached hydrogen (secondary N) is 1. The van der Waals surface area contributed by atoms with E-state index in [0.717, 1.165) is 12.1 Å². The maximum Gasteiger partial charge on any atom is 0.258 e. The molecule has 0 unspecified atom stereocenters. The van der Waals surface area contributed by atoms with Crippen LogP contribution in [0.5, 0.6) is 5.75 Å². The number of carbonyl (C=O) groups excluding carboxylic acids is 1. The lowest BCUT2D eigenvalue weighted by Gasteiger charge is -2.11. The van der Waals surface area contributed by atoms with Gasteiger partial charge in [0.1, 0.15) is 11.6 Å². The molecule has 0 spiro atoms. The van der Waals surface area contributed by atoms with Gasteiger partial charge in [-0.05, 0) is 37.4 Å². The van der Waals surface area contributed by atoms with E-state index in [2.05, 4.69) is 10.2 Å². The SMILES string of the molecule is CN(C)Cc1ccc(CNC(=O)COc2cccc(F)c2)cc1. The summed E-state index contributed by atoms with van der Waals surface area (Å²) in [7, 11) is 4.04. The second-order valence-electron chi connectivity index (χ2n) is 5.58. The van der Waals surface area contributed by atoms with Crippen molar-refractivity contribution in [3.63, 3.8) is 0 Å². The summed E-state index contributed by atoms with van der Waals surface area (Å²) < 4.78 is 18.2. The van der Waals surface area contributed by atoms with E-state index in [0.29, 0.717) is 12.3 Å². The summed E-state index contributed by atoms with van der Waals surface area (Å²) in [5.74, 6) is -0.291. The highest BCUT2D eigenvalue weighted by atomic mass is 19.1. The second-order valence-corrected chi connectivity index (χ2v) is 5.58. The molecule has 0 aliphatic rings. The Hall–Kier alpha value is -2.40. The number of benzene rings is 2. The van der Waals surface area contributed by atoms with Gasteiger partial charge in [-0.25, -0.2) is 4.39 Å². The molecule has 122 valence electrons. The Labute approximate surface area is 135 Å². The molecule has 0 atom stereocenters. The van der Waals surface area contributed by atoms with Crippen molar-refractivity contribution in [1.82, 2.24) is 10.2 Å². The first kappa shape index (κ1) is 17.0. The Morgan fingerprint density at radius 2 is 1.83 bits per heavy atom. The lowest BCUT2D eigenvalue weighted by Crippen LogP contribution is -2.28. The first-order valence-electron chi connectivity index (χ1n) is 7.40. The summed E-state index contributed by atoms with van der Waals surface area (Å²) in [6.45, 7) is 1.18. The molecule has 0 bridgehead atoms. The number of amides is 1. The van der Waals surface area contributed by atoms with E-state index < -0.39 is 0 Å². The molecule has 2 aromatic carbocycles. The zero-order chi connectivity index (χ0) is 16.7. The van der Waals surface area contributed by atoms with Crippen LogP contribution in [0.2, 0.25) is 0 Å². The Kier molecular flexibility index (Phi) is 6.11. The van der Waals surface area contributed by atoms with Crippen molar-refractivity contribution in [3.8, 4) is 5.75 Å². The zero-order valence-corrected chi connectivity index (χ0v) is 13.4. The molecule has 0 heterocycles. The van der Waals surface area contributed by atoms with Gasteiger partial charge in [0.05, 0.1) is 0 Å². The van der Waals surface area contributed by atoms with Gasteiger partial charge in [0, 0.05) is 19.2 Å². The minimum absolute atomic E-state index is 0.137. The van der Waals surface area contributed by atoms with Gasteiger partial charge in [-0.1, -0.05) is 30.3 Å². The number of halogens is 1. The zero-order valence-electron chi connectivity index (χ0n) is 13.4. The summed E-state index contributed by atoms with van der Waals surface area (Å²) in [4.78, 5) is 13.8. The maximum atomic E-state index is 13.0. The second kappa shape index (κ2) is 8.29. The van der Waals surface area contributed by atoms with Crippen LogP contribution in [0.15, 0.2) is 48.5 Å². The van der Waals surface area contributed by atoms with Gasteiger partial charge in [-0.15, -0.1) is 0 Å². The number of carbonyl (C=O) groups is 1. The van der Waals surface area contributed by atoms with Crippen molar-refractivity contribution in [3.05, 3.63) is 65.5 Å². The normalized spacial score (nSPS) is 10.6. The third-order valence-corrected chi connectivity index (χ3v) is 3.18.